The summed E-state index contributed by atoms with van der Waals surface area (Å²) in [5.41, 5.74) is 0.932. The summed E-state index contributed by atoms with van der Waals surface area (Å²) in [7, 11) is 0. The lowest BCUT2D eigenvalue weighted by Crippen LogP contribution is -2.50. The van der Waals surface area contributed by atoms with E-state index in [-0.39, 0.29) is 18.2 Å². The molecule has 0 aliphatic carbocycles. The van der Waals surface area contributed by atoms with Crippen LogP contribution in [0.15, 0.2) is 42.7 Å². The van der Waals surface area contributed by atoms with Crippen LogP contribution in [-0.4, -0.2) is 30.9 Å². The zero-order chi connectivity index (χ0) is 13.9. The van der Waals surface area contributed by atoms with Gasteiger partial charge in [-0.3, -0.25) is 4.79 Å². The Hall–Kier alpha value is -1.85. The van der Waals surface area contributed by atoms with E-state index in [1.807, 2.05) is 30.3 Å². The van der Waals surface area contributed by atoms with Crippen LogP contribution in [0.4, 0.5) is 0 Å². The highest BCUT2D eigenvalue weighted by molar-refractivity contribution is 5.66. The van der Waals surface area contributed by atoms with Crippen LogP contribution in [0.5, 0.6) is 0 Å². The summed E-state index contributed by atoms with van der Waals surface area (Å²) in [4.78, 5) is 11.2. The minimum absolute atomic E-state index is 0.260. The van der Waals surface area contributed by atoms with Gasteiger partial charge in [-0.1, -0.05) is 30.3 Å². The van der Waals surface area contributed by atoms with E-state index in [2.05, 4.69) is 0 Å². The summed E-state index contributed by atoms with van der Waals surface area (Å²) in [6.07, 6.45) is 1.69. The molecule has 0 bridgehead atoms. The molecule has 1 saturated heterocycles. The highest BCUT2D eigenvalue weighted by Crippen LogP contribution is 2.32. The summed E-state index contributed by atoms with van der Waals surface area (Å²) in [5, 5.41) is 0. The topological polar surface area (TPSA) is 54.0 Å². The Morgan fingerprint density at radius 2 is 2.10 bits per heavy atom. The molecule has 0 amide bonds. The lowest BCUT2D eigenvalue weighted by molar-refractivity contribution is -0.278. The molecular formula is C15H16O5. The molecule has 1 aromatic rings. The number of esters is 1. The van der Waals surface area contributed by atoms with Gasteiger partial charge in [-0.25, -0.2) is 0 Å². The van der Waals surface area contributed by atoms with Crippen LogP contribution in [0.25, 0.3) is 0 Å². The lowest BCUT2D eigenvalue weighted by atomic mass is 10.0. The van der Waals surface area contributed by atoms with Crippen LogP contribution < -0.4 is 0 Å². The average molecular weight is 276 g/mol. The van der Waals surface area contributed by atoms with Crippen LogP contribution in [0, 0.1) is 0 Å². The van der Waals surface area contributed by atoms with Crippen molar-refractivity contribution in [2.24, 2.45) is 0 Å². The number of hydrogen-bond donors (Lipinski definition) is 0. The fourth-order valence-corrected chi connectivity index (χ4v) is 2.37. The molecule has 1 aromatic carbocycles. The highest BCUT2D eigenvalue weighted by atomic mass is 16.7. The minimum atomic E-state index is -0.467. The monoisotopic (exact) mass is 276 g/mol. The summed E-state index contributed by atoms with van der Waals surface area (Å²) in [6, 6.07) is 9.66. The fraction of sp³-hybridized carbons (Fsp3) is 0.400. The Labute approximate surface area is 117 Å². The second kappa shape index (κ2) is 5.64. The molecule has 0 N–H and O–H groups in total. The molecule has 1 fully saturated rings. The van der Waals surface area contributed by atoms with Crippen LogP contribution >= 0.6 is 0 Å². The molecule has 4 atom stereocenters. The van der Waals surface area contributed by atoms with E-state index in [0.29, 0.717) is 6.61 Å². The average Bonchev–Trinajstić information content (AvgIpc) is 2.47. The largest absolute Gasteiger partial charge is 0.493 e. The van der Waals surface area contributed by atoms with Gasteiger partial charge in [0.1, 0.15) is 6.10 Å². The van der Waals surface area contributed by atoms with Gasteiger partial charge < -0.3 is 18.9 Å². The van der Waals surface area contributed by atoms with Gasteiger partial charge in [0.2, 0.25) is 0 Å². The van der Waals surface area contributed by atoms with E-state index in [4.69, 9.17) is 18.9 Å². The second-order valence-electron chi connectivity index (χ2n) is 4.75. The normalized spacial score (nSPS) is 32.0. The number of fused-ring (bicyclic) bond motifs is 1. The third kappa shape index (κ3) is 2.69. The zero-order valence-corrected chi connectivity index (χ0v) is 11.1. The SMILES string of the molecule is CC(=O)OC1C=COC2COC(c3ccccc3)OC12. The van der Waals surface area contributed by atoms with Crippen LogP contribution in [0.3, 0.4) is 0 Å². The fourth-order valence-electron chi connectivity index (χ4n) is 2.37. The van der Waals surface area contributed by atoms with Gasteiger partial charge in [0.05, 0.1) is 12.9 Å². The van der Waals surface area contributed by atoms with Gasteiger partial charge in [0.15, 0.2) is 18.5 Å². The van der Waals surface area contributed by atoms with E-state index in [9.17, 15) is 4.79 Å². The number of ether oxygens (including phenoxy) is 4. The molecule has 4 unspecified atom stereocenters. The summed E-state index contributed by atoms with van der Waals surface area (Å²) in [6.45, 7) is 1.78. The van der Waals surface area contributed by atoms with Gasteiger partial charge in [0.25, 0.3) is 0 Å². The number of rotatable bonds is 2. The molecule has 2 heterocycles. The maximum absolute atomic E-state index is 11.2. The molecule has 106 valence electrons. The van der Waals surface area contributed by atoms with Crippen molar-refractivity contribution < 1.29 is 23.7 Å². The van der Waals surface area contributed by atoms with Crippen molar-refractivity contribution >= 4 is 5.97 Å². The van der Waals surface area contributed by atoms with Gasteiger partial charge in [-0.2, -0.15) is 0 Å². The van der Waals surface area contributed by atoms with E-state index < -0.39 is 12.4 Å². The minimum Gasteiger partial charge on any atom is -0.493 e. The Morgan fingerprint density at radius 3 is 2.85 bits per heavy atom. The van der Waals surface area contributed by atoms with Crippen LogP contribution in [-0.2, 0) is 23.7 Å². The first-order valence-corrected chi connectivity index (χ1v) is 6.55. The Balaban J connectivity index is 1.76. The molecule has 0 spiro atoms. The molecule has 5 heteroatoms. The maximum Gasteiger partial charge on any atom is 0.303 e. The number of carbonyl (C=O) groups excluding carboxylic acids is 1. The van der Waals surface area contributed by atoms with Gasteiger partial charge in [-0.05, 0) is 6.08 Å². The standard InChI is InChI=1S/C15H16O5/c1-10(16)19-12-7-8-17-13-9-18-15(20-14(12)13)11-5-3-2-4-6-11/h2-8,12-15H,9H2,1H3. The highest BCUT2D eigenvalue weighted by Gasteiger charge is 2.41. The predicted octanol–water partition coefficient (Wildman–Crippen LogP) is 1.94. The van der Waals surface area contributed by atoms with E-state index >= 15 is 0 Å². The Morgan fingerprint density at radius 1 is 1.30 bits per heavy atom. The molecule has 3 rings (SSSR count). The quantitative estimate of drug-likeness (QED) is 0.773. The Bertz CT molecular complexity index is 498. The first-order chi connectivity index (χ1) is 9.74. The van der Waals surface area contributed by atoms with Crippen LogP contribution in [0.1, 0.15) is 18.8 Å². The first-order valence-electron chi connectivity index (χ1n) is 6.55. The molecule has 20 heavy (non-hydrogen) atoms. The van der Waals surface area contributed by atoms with Crippen molar-refractivity contribution in [3.05, 3.63) is 48.2 Å². The smallest absolute Gasteiger partial charge is 0.303 e. The van der Waals surface area contributed by atoms with Gasteiger partial charge in [-0.15, -0.1) is 0 Å². The zero-order valence-electron chi connectivity index (χ0n) is 11.1. The van der Waals surface area contributed by atoms with Crippen molar-refractivity contribution in [3.8, 4) is 0 Å². The lowest BCUT2D eigenvalue weighted by Gasteiger charge is -2.40. The third-order valence-corrected chi connectivity index (χ3v) is 3.28. The van der Waals surface area contributed by atoms with Crippen molar-refractivity contribution in [3.63, 3.8) is 0 Å². The van der Waals surface area contributed by atoms with Crippen LogP contribution in [0.2, 0.25) is 0 Å². The summed E-state index contributed by atoms with van der Waals surface area (Å²) >= 11 is 0. The summed E-state index contributed by atoms with van der Waals surface area (Å²) in [5.74, 6) is -0.341. The van der Waals surface area contributed by atoms with Gasteiger partial charge >= 0.3 is 5.97 Å². The molecule has 2 aliphatic heterocycles. The molecule has 5 nitrogen and oxygen atoms in total. The number of hydrogen-bond acceptors (Lipinski definition) is 5. The number of carbonyl (C=O) groups is 1. The van der Waals surface area contributed by atoms with Crippen molar-refractivity contribution in [1.29, 1.82) is 0 Å². The molecular weight excluding hydrogens is 260 g/mol. The van der Waals surface area contributed by atoms with E-state index in [1.165, 1.54) is 13.2 Å². The maximum atomic E-state index is 11.2. The predicted molar refractivity (Wildman–Crippen MR) is 69.6 cm³/mol. The van der Waals surface area contributed by atoms with Crippen molar-refractivity contribution in [1.82, 2.24) is 0 Å². The molecule has 0 aromatic heterocycles. The molecule has 0 radical (unpaired) electrons. The number of benzene rings is 1. The van der Waals surface area contributed by atoms with E-state index in [0.717, 1.165) is 5.56 Å². The summed E-state index contributed by atoms with van der Waals surface area (Å²) < 4.78 is 22.3. The first kappa shape index (κ1) is 13.1. The third-order valence-electron chi connectivity index (χ3n) is 3.28. The molecule has 0 saturated carbocycles. The van der Waals surface area contributed by atoms with Crippen molar-refractivity contribution in [2.45, 2.75) is 31.5 Å². The van der Waals surface area contributed by atoms with Crippen molar-refractivity contribution in [2.75, 3.05) is 6.61 Å². The Kier molecular flexibility index (Phi) is 3.71. The van der Waals surface area contributed by atoms with E-state index in [1.54, 1.807) is 6.08 Å². The molecule has 2 aliphatic rings. The second-order valence-corrected chi connectivity index (χ2v) is 4.75. The van der Waals surface area contributed by atoms with Gasteiger partial charge in [0, 0.05) is 12.5 Å².